The molecule has 1 aromatic heterocycles. The van der Waals surface area contributed by atoms with E-state index in [0.29, 0.717) is 25.7 Å². The number of sulfonamides is 1. The van der Waals surface area contributed by atoms with E-state index in [1.165, 1.54) is 14.7 Å². The molecule has 0 aliphatic carbocycles. The van der Waals surface area contributed by atoms with E-state index in [9.17, 15) is 13.2 Å². The molecule has 0 spiro atoms. The van der Waals surface area contributed by atoms with Gasteiger partial charge in [-0.05, 0) is 78.9 Å². The highest BCUT2D eigenvalue weighted by atomic mass is 32.2. The molecule has 2 aliphatic rings. The lowest BCUT2D eigenvalue weighted by Crippen LogP contribution is -2.49. The van der Waals surface area contributed by atoms with E-state index < -0.39 is 10.0 Å². The van der Waals surface area contributed by atoms with Gasteiger partial charge in [-0.2, -0.15) is 4.31 Å². The van der Waals surface area contributed by atoms with Gasteiger partial charge < -0.3 is 14.4 Å². The Morgan fingerprint density at radius 1 is 1.12 bits per heavy atom. The predicted molar refractivity (Wildman–Crippen MR) is 157 cm³/mol. The van der Waals surface area contributed by atoms with Crippen LogP contribution in [0.4, 0.5) is 0 Å². The van der Waals surface area contributed by atoms with Crippen LogP contribution in [0, 0.1) is 6.92 Å². The van der Waals surface area contributed by atoms with E-state index >= 15 is 0 Å². The first-order valence-electron chi connectivity index (χ1n) is 14.0. The molecule has 40 heavy (non-hydrogen) atoms. The van der Waals surface area contributed by atoms with Crippen LogP contribution in [0.1, 0.15) is 60.2 Å². The molecule has 1 saturated heterocycles. The van der Waals surface area contributed by atoms with Crippen molar-refractivity contribution in [3.8, 4) is 5.75 Å². The number of carbonyl (C=O) groups is 1. The summed E-state index contributed by atoms with van der Waals surface area (Å²) in [6.07, 6.45) is 2.20. The summed E-state index contributed by atoms with van der Waals surface area (Å²) < 4.78 is 40.8. The minimum atomic E-state index is -3.90. The Labute approximate surface area is 241 Å². The molecule has 9 heteroatoms. The van der Waals surface area contributed by atoms with Gasteiger partial charge in [0.05, 0.1) is 23.6 Å². The molecule has 214 valence electrons. The summed E-state index contributed by atoms with van der Waals surface area (Å²) in [5, 5.41) is 2.05. The van der Waals surface area contributed by atoms with Crippen LogP contribution in [-0.2, 0) is 26.0 Å². The van der Waals surface area contributed by atoms with Crippen molar-refractivity contribution >= 4 is 27.3 Å². The first kappa shape index (κ1) is 28.8. The number of hydrogen-bond acceptors (Lipinski definition) is 6. The number of thiophene rings is 1. The third-order valence-corrected chi connectivity index (χ3v) is 10.6. The van der Waals surface area contributed by atoms with Gasteiger partial charge in [0.2, 0.25) is 15.9 Å². The summed E-state index contributed by atoms with van der Waals surface area (Å²) >= 11 is 1.69. The molecule has 1 fully saturated rings. The van der Waals surface area contributed by atoms with E-state index in [1.54, 1.807) is 40.5 Å². The lowest BCUT2D eigenvalue weighted by atomic mass is 10.0. The van der Waals surface area contributed by atoms with Crippen molar-refractivity contribution in [1.29, 1.82) is 0 Å². The summed E-state index contributed by atoms with van der Waals surface area (Å²) in [5.74, 6) is 0.957. The standard InChI is InChI=1S/C31H38N2O5S2/c1-22(2)24-8-10-25(11-9-24)38-21-29-28-15-18-39-30(28)14-16-33(29)31(34)20-32(19-26-5-4-17-37-26)40(35,36)27-12-6-23(3)7-13-27/h6-13,15,18,22,26,29H,4-5,14,16-17,19-21H2,1-3H3/t26-,29+/m1/s1. The van der Waals surface area contributed by atoms with Crippen LogP contribution in [0.3, 0.4) is 0 Å². The topological polar surface area (TPSA) is 76.2 Å². The molecular weight excluding hydrogens is 544 g/mol. The molecule has 0 radical (unpaired) electrons. The van der Waals surface area contributed by atoms with Gasteiger partial charge in [0, 0.05) is 24.6 Å². The van der Waals surface area contributed by atoms with Crippen molar-refractivity contribution in [3.05, 3.63) is 81.5 Å². The van der Waals surface area contributed by atoms with Crippen molar-refractivity contribution in [3.63, 3.8) is 0 Å². The van der Waals surface area contributed by atoms with E-state index in [1.807, 2.05) is 19.1 Å². The highest BCUT2D eigenvalue weighted by molar-refractivity contribution is 7.89. The zero-order valence-electron chi connectivity index (χ0n) is 23.4. The molecule has 0 unspecified atom stereocenters. The van der Waals surface area contributed by atoms with E-state index in [2.05, 4.69) is 37.4 Å². The Morgan fingerprint density at radius 3 is 2.55 bits per heavy atom. The number of fused-ring (bicyclic) bond motifs is 1. The lowest BCUT2D eigenvalue weighted by molar-refractivity contribution is -0.135. The second-order valence-electron chi connectivity index (χ2n) is 10.9. The summed E-state index contributed by atoms with van der Waals surface area (Å²) in [6, 6.07) is 16.6. The Kier molecular flexibility index (Phi) is 8.95. The fourth-order valence-corrected chi connectivity index (χ4v) is 7.71. The quantitative estimate of drug-likeness (QED) is 0.313. The van der Waals surface area contributed by atoms with Crippen molar-refractivity contribution < 1.29 is 22.7 Å². The lowest BCUT2D eigenvalue weighted by Gasteiger charge is -2.37. The third-order valence-electron chi connectivity index (χ3n) is 7.77. The molecule has 5 rings (SSSR count). The molecular formula is C31H38N2O5S2. The third kappa shape index (κ3) is 6.43. The second kappa shape index (κ2) is 12.4. The van der Waals surface area contributed by atoms with E-state index in [4.69, 9.17) is 9.47 Å². The molecule has 2 aliphatic heterocycles. The van der Waals surface area contributed by atoms with Crippen LogP contribution in [0.15, 0.2) is 64.9 Å². The van der Waals surface area contributed by atoms with Gasteiger partial charge in [0.15, 0.2) is 0 Å². The number of nitrogens with zero attached hydrogens (tertiary/aromatic N) is 2. The van der Waals surface area contributed by atoms with Gasteiger partial charge >= 0.3 is 0 Å². The van der Waals surface area contributed by atoms with Crippen LogP contribution < -0.4 is 4.74 Å². The number of benzene rings is 2. The number of aryl methyl sites for hydroxylation is 1. The first-order chi connectivity index (χ1) is 19.2. The van der Waals surface area contributed by atoms with Crippen molar-refractivity contribution in [2.24, 2.45) is 0 Å². The highest BCUT2D eigenvalue weighted by Gasteiger charge is 2.36. The van der Waals surface area contributed by atoms with E-state index in [-0.39, 0.29) is 36.0 Å². The maximum Gasteiger partial charge on any atom is 0.243 e. The van der Waals surface area contributed by atoms with Gasteiger partial charge in [-0.3, -0.25) is 4.79 Å². The van der Waals surface area contributed by atoms with Crippen LogP contribution in [0.5, 0.6) is 5.75 Å². The molecule has 2 aromatic carbocycles. The zero-order chi connectivity index (χ0) is 28.3. The summed E-state index contributed by atoms with van der Waals surface area (Å²) in [4.78, 5) is 17.1. The Morgan fingerprint density at radius 2 is 1.88 bits per heavy atom. The minimum Gasteiger partial charge on any atom is -0.491 e. The number of amides is 1. The monoisotopic (exact) mass is 582 g/mol. The fraction of sp³-hybridized carbons (Fsp3) is 0.452. The number of ether oxygens (including phenoxy) is 2. The summed E-state index contributed by atoms with van der Waals surface area (Å²) in [5.41, 5.74) is 3.29. The van der Waals surface area contributed by atoms with Crippen molar-refractivity contribution in [2.75, 3.05) is 32.8 Å². The van der Waals surface area contributed by atoms with Gasteiger partial charge in [-0.25, -0.2) is 8.42 Å². The first-order valence-corrected chi connectivity index (χ1v) is 16.3. The average Bonchev–Trinajstić information content (AvgIpc) is 3.64. The molecule has 0 saturated carbocycles. The van der Waals surface area contributed by atoms with Crippen LogP contribution in [-0.4, -0.2) is 62.5 Å². The maximum atomic E-state index is 13.9. The molecule has 7 nitrogen and oxygen atoms in total. The number of carbonyl (C=O) groups excluding carboxylic acids is 1. The van der Waals surface area contributed by atoms with Gasteiger partial charge in [0.1, 0.15) is 12.4 Å². The Hall–Kier alpha value is -2.72. The molecule has 0 bridgehead atoms. The largest absolute Gasteiger partial charge is 0.491 e. The van der Waals surface area contributed by atoms with Gasteiger partial charge in [0.25, 0.3) is 0 Å². The molecule has 2 atom stereocenters. The van der Waals surface area contributed by atoms with E-state index in [0.717, 1.165) is 36.1 Å². The van der Waals surface area contributed by atoms with Crippen LogP contribution in [0.2, 0.25) is 0 Å². The van der Waals surface area contributed by atoms with Crippen molar-refractivity contribution in [1.82, 2.24) is 9.21 Å². The molecule has 1 amide bonds. The molecule has 0 N–H and O–H groups in total. The molecule has 3 heterocycles. The maximum absolute atomic E-state index is 13.9. The number of rotatable bonds is 10. The second-order valence-corrected chi connectivity index (χ2v) is 13.9. The normalized spacial score (nSPS) is 19.3. The summed E-state index contributed by atoms with van der Waals surface area (Å²) in [6.45, 7) is 7.57. The zero-order valence-corrected chi connectivity index (χ0v) is 25.0. The van der Waals surface area contributed by atoms with Gasteiger partial charge in [-0.1, -0.05) is 43.7 Å². The average molecular weight is 583 g/mol. The molecule has 3 aromatic rings. The minimum absolute atomic E-state index is 0.156. The van der Waals surface area contributed by atoms with Crippen molar-refractivity contribution in [2.45, 2.75) is 63.0 Å². The summed E-state index contributed by atoms with van der Waals surface area (Å²) in [7, 11) is -3.90. The fourth-order valence-electron chi connectivity index (χ4n) is 5.36. The number of hydrogen-bond donors (Lipinski definition) is 0. The Bertz CT molecular complexity index is 1390. The van der Waals surface area contributed by atoms with Crippen LogP contribution in [0.25, 0.3) is 0 Å². The predicted octanol–water partition coefficient (Wildman–Crippen LogP) is 5.55. The van der Waals surface area contributed by atoms with Crippen LogP contribution >= 0.6 is 11.3 Å². The SMILES string of the molecule is Cc1ccc(S(=O)(=O)N(CC(=O)N2CCc3sccc3[C@@H]2COc2ccc(C(C)C)cc2)C[C@H]2CCCO2)cc1. The highest BCUT2D eigenvalue weighted by Crippen LogP contribution is 2.34. The van der Waals surface area contributed by atoms with Gasteiger partial charge in [-0.15, -0.1) is 11.3 Å². The smallest absolute Gasteiger partial charge is 0.243 e. The Balaban J connectivity index is 1.37.